The summed E-state index contributed by atoms with van der Waals surface area (Å²) in [5.74, 6) is 1.66. The standard InChI is InChI=1S/C18H23N3O3S/c1-13-11-14(2)20-18(19-13)25-12-17(22)21(3)9-10-24-16-8-6-5-7-15(16)23-4/h5-8,11H,9-10,12H2,1-4H3. The van der Waals surface area contributed by atoms with Crippen LogP contribution >= 0.6 is 11.8 Å². The van der Waals surface area contributed by atoms with Gasteiger partial charge in [0.15, 0.2) is 16.7 Å². The highest BCUT2D eigenvalue weighted by molar-refractivity contribution is 7.99. The van der Waals surface area contributed by atoms with E-state index in [2.05, 4.69) is 9.97 Å². The van der Waals surface area contributed by atoms with E-state index in [0.29, 0.717) is 35.6 Å². The number of aromatic nitrogens is 2. The smallest absolute Gasteiger partial charge is 0.232 e. The molecule has 0 N–H and O–H groups in total. The Balaban J connectivity index is 1.78. The normalized spacial score (nSPS) is 10.4. The Morgan fingerprint density at radius 1 is 1.16 bits per heavy atom. The lowest BCUT2D eigenvalue weighted by atomic mass is 10.3. The van der Waals surface area contributed by atoms with E-state index in [4.69, 9.17) is 9.47 Å². The lowest BCUT2D eigenvalue weighted by Crippen LogP contribution is -2.32. The van der Waals surface area contributed by atoms with Crippen LogP contribution in [-0.4, -0.2) is 53.8 Å². The van der Waals surface area contributed by atoms with Crippen LogP contribution in [0, 0.1) is 13.8 Å². The summed E-state index contributed by atoms with van der Waals surface area (Å²) in [6.07, 6.45) is 0. The van der Waals surface area contributed by atoms with Crippen LogP contribution in [0.2, 0.25) is 0 Å². The Bertz CT molecular complexity index is 704. The van der Waals surface area contributed by atoms with Crippen molar-refractivity contribution in [2.24, 2.45) is 0 Å². The third-order valence-electron chi connectivity index (χ3n) is 3.47. The van der Waals surface area contributed by atoms with Crippen molar-refractivity contribution < 1.29 is 14.3 Å². The van der Waals surface area contributed by atoms with Gasteiger partial charge in [0.1, 0.15) is 6.61 Å². The zero-order chi connectivity index (χ0) is 18.2. The Kier molecular flexibility index (Phi) is 7.06. The second kappa shape index (κ2) is 9.27. The van der Waals surface area contributed by atoms with Gasteiger partial charge in [-0.1, -0.05) is 23.9 Å². The zero-order valence-electron chi connectivity index (χ0n) is 15.0. The minimum atomic E-state index is 0.0105. The highest BCUT2D eigenvalue weighted by Gasteiger charge is 2.11. The summed E-state index contributed by atoms with van der Waals surface area (Å²) in [6, 6.07) is 9.35. The number of thioether (sulfide) groups is 1. The highest BCUT2D eigenvalue weighted by Crippen LogP contribution is 2.25. The summed E-state index contributed by atoms with van der Waals surface area (Å²) in [5, 5.41) is 0.629. The first-order valence-corrected chi connectivity index (χ1v) is 8.93. The van der Waals surface area contributed by atoms with E-state index in [1.165, 1.54) is 11.8 Å². The van der Waals surface area contributed by atoms with Crippen molar-refractivity contribution in [3.05, 3.63) is 41.7 Å². The fourth-order valence-electron chi connectivity index (χ4n) is 2.15. The number of hydrogen-bond acceptors (Lipinski definition) is 6. The molecule has 2 rings (SSSR count). The SMILES string of the molecule is COc1ccccc1OCCN(C)C(=O)CSc1nc(C)cc(C)n1. The van der Waals surface area contributed by atoms with E-state index >= 15 is 0 Å². The molecule has 0 saturated heterocycles. The van der Waals surface area contributed by atoms with E-state index in [1.807, 2.05) is 44.2 Å². The topological polar surface area (TPSA) is 64.6 Å². The van der Waals surface area contributed by atoms with Crippen molar-refractivity contribution in [2.45, 2.75) is 19.0 Å². The highest BCUT2D eigenvalue weighted by atomic mass is 32.2. The number of likely N-dealkylation sites (N-methyl/N-ethyl adjacent to an activating group) is 1. The molecule has 1 heterocycles. The molecule has 6 nitrogen and oxygen atoms in total. The summed E-state index contributed by atoms with van der Waals surface area (Å²) in [7, 11) is 3.36. The molecule has 0 fully saturated rings. The number of benzene rings is 1. The molecule has 7 heteroatoms. The maximum atomic E-state index is 12.2. The number of carbonyl (C=O) groups excluding carboxylic acids is 1. The summed E-state index contributed by atoms with van der Waals surface area (Å²) in [6.45, 7) is 4.72. The van der Waals surface area contributed by atoms with Crippen molar-refractivity contribution in [3.8, 4) is 11.5 Å². The minimum Gasteiger partial charge on any atom is -0.493 e. The van der Waals surface area contributed by atoms with Crippen molar-refractivity contribution in [3.63, 3.8) is 0 Å². The number of nitrogens with zero attached hydrogens (tertiary/aromatic N) is 3. The van der Waals surface area contributed by atoms with Gasteiger partial charge in [-0.15, -0.1) is 0 Å². The molecule has 0 aliphatic rings. The van der Waals surface area contributed by atoms with Crippen molar-refractivity contribution >= 4 is 17.7 Å². The average Bonchev–Trinajstić information content (AvgIpc) is 2.59. The molecule has 2 aromatic rings. The second-order valence-corrected chi connectivity index (χ2v) is 6.48. The van der Waals surface area contributed by atoms with E-state index in [9.17, 15) is 4.79 Å². The van der Waals surface area contributed by atoms with Gasteiger partial charge in [0.2, 0.25) is 5.91 Å². The van der Waals surface area contributed by atoms with Crippen LogP contribution in [0.5, 0.6) is 11.5 Å². The molecule has 134 valence electrons. The number of amides is 1. The summed E-state index contributed by atoms with van der Waals surface area (Å²) in [4.78, 5) is 22.5. The maximum Gasteiger partial charge on any atom is 0.232 e. The number of methoxy groups -OCH3 is 1. The molecule has 0 aliphatic carbocycles. The summed E-state index contributed by atoms with van der Waals surface area (Å²) < 4.78 is 10.9. The molecule has 0 atom stereocenters. The van der Waals surface area contributed by atoms with Crippen LogP contribution < -0.4 is 9.47 Å². The second-order valence-electron chi connectivity index (χ2n) is 5.54. The molecule has 0 spiro atoms. The summed E-state index contributed by atoms with van der Waals surface area (Å²) >= 11 is 1.35. The first-order valence-electron chi connectivity index (χ1n) is 7.94. The molecule has 1 aromatic carbocycles. The minimum absolute atomic E-state index is 0.0105. The third kappa shape index (κ3) is 5.94. The zero-order valence-corrected chi connectivity index (χ0v) is 15.8. The van der Waals surface area contributed by atoms with E-state index in [1.54, 1.807) is 19.1 Å². The number of ether oxygens (including phenoxy) is 2. The quantitative estimate of drug-likeness (QED) is 0.532. The van der Waals surface area contributed by atoms with E-state index in [0.717, 1.165) is 11.4 Å². The number of aryl methyl sites for hydroxylation is 2. The van der Waals surface area contributed by atoms with E-state index < -0.39 is 0 Å². The van der Waals surface area contributed by atoms with Gasteiger partial charge in [-0.2, -0.15) is 0 Å². The molecular formula is C18H23N3O3S. The molecule has 0 saturated carbocycles. The molecule has 1 aromatic heterocycles. The van der Waals surface area contributed by atoms with Gasteiger partial charge in [0.25, 0.3) is 0 Å². The van der Waals surface area contributed by atoms with E-state index in [-0.39, 0.29) is 5.91 Å². The largest absolute Gasteiger partial charge is 0.493 e. The van der Waals surface area contributed by atoms with Gasteiger partial charge in [0, 0.05) is 18.4 Å². The van der Waals surface area contributed by atoms with Crippen molar-refractivity contribution in [1.82, 2.24) is 14.9 Å². The monoisotopic (exact) mass is 361 g/mol. The predicted octanol–water partition coefficient (Wildman–Crippen LogP) is 2.73. The summed E-state index contributed by atoms with van der Waals surface area (Å²) in [5.41, 5.74) is 1.81. The fraction of sp³-hybridized carbons (Fsp3) is 0.389. The maximum absolute atomic E-state index is 12.2. The number of para-hydroxylation sites is 2. The molecule has 0 bridgehead atoms. The number of rotatable bonds is 8. The Morgan fingerprint density at radius 2 is 1.80 bits per heavy atom. The average molecular weight is 361 g/mol. The Hall–Kier alpha value is -2.28. The Morgan fingerprint density at radius 3 is 2.44 bits per heavy atom. The molecule has 1 amide bonds. The van der Waals surface area contributed by atoms with Gasteiger partial charge in [0.05, 0.1) is 19.4 Å². The molecule has 0 unspecified atom stereocenters. The number of hydrogen-bond donors (Lipinski definition) is 0. The lowest BCUT2D eigenvalue weighted by Gasteiger charge is -2.18. The van der Waals surface area contributed by atoms with Gasteiger partial charge >= 0.3 is 0 Å². The molecule has 0 aliphatic heterocycles. The Labute approximate surface area is 152 Å². The predicted molar refractivity (Wildman–Crippen MR) is 98.4 cm³/mol. The van der Waals surface area contributed by atoms with Crippen LogP contribution in [0.3, 0.4) is 0 Å². The van der Waals surface area contributed by atoms with Crippen LogP contribution in [-0.2, 0) is 4.79 Å². The first kappa shape index (κ1) is 19.1. The van der Waals surface area contributed by atoms with Crippen LogP contribution in [0.4, 0.5) is 0 Å². The third-order valence-corrected chi connectivity index (χ3v) is 4.30. The molecule has 0 radical (unpaired) electrons. The van der Waals surface area contributed by atoms with Crippen LogP contribution in [0.1, 0.15) is 11.4 Å². The molecule has 25 heavy (non-hydrogen) atoms. The van der Waals surface area contributed by atoms with Gasteiger partial charge in [-0.25, -0.2) is 9.97 Å². The number of carbonyl (C=O) groups is 1. The van der Waals surface area contributed by atoms with Gasteiger partial charge < -0.3 is 14.4 Å². The lowest BCUT2D eigenvalue weighted by molar-refractivity contribution is -0.127. The van der Waals surface area contributed by atoms with Crippen molar-refractivity contribution in [2.75, 3.05) is 33.1 Å². The molecular weight excluding hydrogens is 338 g/mol. The first-order chi connectivity index (χ1) is 12.0. The van der Waals surface area contributed by atoms with Crippen LogP contribution in [0.15, 0.2) is 35.5 Å². The van der Waals surface area contributed by atoms with Crippen LogP contribution in [0.25, 0.3) is 0 Å². The van der Waals surface area contributed by atoms with Gasteiger partial charge in [-0.05, 0) is 32.0 Å². The van der Waals surface area contributed by atoms with Gasteiger partial charge in [-0.3, -0.25) is 4.79 Å². The van der Waals surface area contributed by atoms with Crippen molar-refractivity contribution in [1.29, 1.82) is 0 Å². The fourth-order valence-corrected chi connectivity index (χ4v) is 3.04.